The lowest BCUT2D eigenvalue weighted by molar-refractivity contribution is 0.0503. The number of anilines is 1. The summed E-state index contributed by atoms with van der Waals surface area (Å²) < 4.78 is 19.5. The Bertz CT molecular complexity index is 676. The summed E-state index contributed by atoms with van der Waals surface area (Å²) in [5, 5.41) is 14.5. The number of nitrogens with zero attached hydrogens (tertiary/aromatic N) is 2. The summed E-state index contributed by atoms with van der Waals surface area (Å²) >= 11 is 7.52. The molecule has 26 heavy (non-hydrogen) atoms. The Morgan fingerprint density at radius 2 is 2.19 bits per heavy atom. The van der Waals surface area contributed by atoms with Crippen LogP contribution in [0.5, 0.6) is 0 Å². The van der Waals surface area contributed by atoms with E-state index in [0.717, 1.165) is 11.8 Å². The van der Waals surface area contributed by atoms with Crippen molar-refractivity contribution in [2.45, 2.75) is 51.8 Å². The predicted molar refractivity (Wildman–Crippen MR) is 103 cm³/mol. The van der Waals surface area contributed by atoms with Crippen LogP contribution in [0.4, 0.5) is 15.0 Å². The molecule has 1 aromatic rings. The first-order chi connectivity index (χ1) is 12.1. The molecule has 0 saturated heterocycles. The third-order valence-electron chi connectivity index (χ3n) is 3.35. The van der Waals surface area contributed by atoms with Gasteiger partial charge in [0.15, 0.2) is 11.6 Å². The van der Waals surface area contributed by atoms with E-state index in [0.29, 0.717) is 6.42 Å². The number of alkyl carbamates (subject to hydrolysis) is 1. The average Bonchev–Trinajstić information content (AvgIpc) is 2.51. The maximum atomic E-state index is 14.2. The smallest absolute Gasteiger partial charge is 0.407 e. The molecule has 144 valence electrons. The lowest BCUT2D eigenvalue weighted by atomic mass is 10.1. The molecule has 0 spiro atoms. The molecular weight excluding hydrogens is 379 g/mol. The van der Waals surface area contributed by atoms with E-state index in [1.54, 1.807) is 45.5 Å². The fourth-order valence-corrected chi connectivity index (χ4v) is 2.78. The van der Waals surface area contributed by atoms with Crippen LogP contribution in [0.3, 0.4) is 0 Å². The number of thioether (sulfide) groups is 1. The summed E-state index contributed by atoms with van der Waals surface area (Å²) in [5.41, 5.74) is -0.643. The number of halogens is 2. The number of nitrogens with one attached hydrogen (secondary N) is 2. The molecule has 0 saturated carbocycles. The lowest BCUT2D eigenvalue weighted by Gasteiger charge is -2.28. The quantitative estimate of drug-likeness (QED) is 0.665. The molecule has 6 nitrogen and oxygen atoms in total. The molecule has 0 unspecified atom stereocenters. The van der Waals surface area contributed by atoms with Crippen LogP contribution in [0.2, 0.25) is 5.15 Å². The molecular formula is C17H24ClFN4O2S. The van der Waals surface area contributed by atoms with Crippen LogP contribution >= 0.6 is 23.4 Å². The number of hydrogen-bond acceptors (Lipinski definition) is 6. The Kier molecular flexibility index (Phi) is 8.44. The fourth-order valence-electron chi connectivity index (χ4n) is 2.11. The summed E-state index contributed by atoms with van der Waals surface area (Å²) in [6, 6.07) is 2.16. The summed E-state index contributed by atoms with van der Waals surface area (Å²) in [6.45, 7) is 7.13. The SMILES string of the molecule is CSCC[C@@H](Nc1nc(Cl)c(C#N)cc1F)[C@H](C)NC(=O)OC(C)(C)C. The third-order valence-corrected chi connectivity index (χ3v) is 4.29. The minimum atomic E-state index is -0.676. The second kappa shape index (κ2) is 9.83. The van der Waals surface area contributed by atoms with Crippen molar-refractivity contribution in [1.82, 2.24) is 10.3 Å². The van der Waals surface area contributed by atoms with Crippen molar-refractivity contribution in [1.29, 1.82) is 5.26 Å². The third kappa shape index (κ3) is 7.26. The van der Waals surface area contributed by atoms with E-state index in [9.17, 15) is 9.18 Å². The number of rotatable bonds is 7. The lowest BCUT2D eigenvalue weighted by Crippen LogP contribution is -2.47. The highest BCUT2D eigenvalue weighted by atomic mass is 35.5. The van der Waals surface area contributed by atoms with Gasteiger partial charge < -0.3 is 15.4 Å². The number of pyridine rings is 1. The number of ether oxygens (including phenoxy) is 1. The second-order valence-electron chi connectivity index (χ2n) is 6.74. The monoisotopic (exact) mass is 402 g/mol. The molecule has 1 aromatic heterocycles. The molecule has 0 aromatic carbocycles. The van der Waals surface area contributed by atoms with Gasteiger partial charge in [0.2, 0.25) is 0 Å². The van der Waals surface area contributed by atoms with Gasteiger partial charge in [-0.15, -0.1) is 0 Å². The Labute approximate surface area is 162 Å². The highest BCUT2D eigenvalue weighted by Gasteiger charge is 2.24. The van der Waals surface area contributed by atoms with Gasteiger partial charge in [0.25, 0.3) is 0 Å². The number of hydrogen-bond donors (Lipinski definition) is 2. The highest BCUT2D eigenvalue weighted by Crippen LogP contribution is 2.22. The van der Waals surface area contributed by atoms with Crippen molar-refractivity contribution in [2.75, 3.05) is 17.3 Å². The number of carbonyl (C=O) groups excluding carboxylic acids is 1. The fraction of sp³-hybridized carbons (Fsp3) is 0.588. The first-order valence-electron chi connectivity index (χ1n) is 8.08. The van der Waals surface area contributed by atoms with Crippen LogP contribution in [-0.4, -0.2) is 40.8 Å². The van der Waals surface area contributed by atoms with Crippen molar-refractivity contribution >= 4 is 35.3 Å². The minimum absolute atomic E-state index is 0.0321. The van der Waals surface area contributed by atoms with Crippen LogP contribution in [-0.2, 0) is 4.74 Å². The van der Waals surface area contributed by atoms with E-state index in [1.807, 2.05) is 6.26 Å². The number of nitriles is 1. The largest absolute Gasteiger partial charge is 0.444 e. The molecule has 1 rings (SSSR count). The van der Waals surface area contributed by atoms with Crippen molar-refractivity contribution in [2.24, 2.45) is 0 Å². The van der Waals surface area contributed by atoms with Gasteiger partial charge in [0.1, 0.15) is 16.8 Å². The van der Waals surface area contributed by atoms with Gasteiger partial charge in [0.05, 0.1) is 5.56 Å². The zero-order valence-electron chi connectivity index (χ0n) is 15.5. The summed E-state index contributed by atoms with van der Waals surface area (Å²) in [7, 11) is 0. The van der Waals surface area contributed by atoms with Gasteiger partial charge >= 0.3 is 6.09 Å². The van der Waals surface area contributed by atoms with Crippen LogP contribution in [0.25, 0.3) is 0 Å². The molecule has 0 radical (unpaired) electrons. The summed E-state index contributed by atoms with van der Waals surface area (Å²) in [5.74, 6) is 0.0615. The topological polar surface area (TPSA) is 87.0 Å². The van der Waals surface area contributed by atoms with E-state index in [-0.39, 0.29) is 28.6 Å². The molecule has 0 bridgehead atoms. The first-order valence-corrected chi connectivity index (χ1v) is 9.85. The Morgan fingerprint density at radius 1 is 1.54 bits per heavy atom. The Balaban J connectivity index is 2.91. The van der Waals surface area contributed by atoms with Gasteiger partial charge in [-0.1, -0.05) is 11.6 Å². The van der Waals surface area contributed by atoms with E-state index < -0.39 is 17.5 Å². The molecule has 0 fully saturated rings. The highest BCUT2D eigenvalue weighted by molar-refractivity contribution is 7.98. The van der Waals surface area contributed by atoms with Crippen LogP contribution in [0.1, 0.15) is 39.7 Å². The average molecular weight is 403 g/mol. The standard InChI is InChI=1S/C17H24ClFN4O2S/c1-10(21-16(24)25-17(2,3)4)13(6-7-26-5)22-15-12(19)8-11(9-20)14(18)23-15/h8,10,13H,6-7H2,1-5H3,(H,21,24)(H,22,23)/t10-,13+/m0/s1. The number of carbonyl (C=O) groups is 1. The molecule has 9 heteroatoms. The van der Waals surface area contributed by atoms with Crippen molar-refractivity contribution < 1.29 is 13.9 Å². The van der Waals surface area contributed by atoms with Crippen LogP contribution in [0, 0.1) is 17.1 Å². The molecule has 0 aliphatic heterocycles. The second-order valence-corrected chi connectivity index (χ2v) is 8.08. The van der Waals surface area contributed by atoms with Crippen molar-refractivity contribution in [3.8, 4) is 6.07 Å². The molecule has 1 amide bonds. The maximum absolute atomic E-state index is 14.2. The van der Waals surface area contributed by atoms with Gasteiger partial charge in [-0.05, 0) is 52.2 Å². The Morgan fingerprint density at radius 3 is 2.73 bits per heavy atom. The van der Waals surface area contributed by atoms with Gasteiger partial charge in [-0.25, -0.2) is 14.2 Å². The maximum Gasteiger partial charge on any atom is 0.407 e. The molecule has 0 aliphatic carbocycles. The van der Waals surface area contributed by atoms with E-state index in [1.165, 1.54) is 0 Å². The van der Waals surface area contributed by atoms with Crippen molar-refractivity contribution in [3.05, 3.63) is 22.6 Å². The zero-order valence-corrected chi connectivity index (χ0v) is 17.1. The Hall–Kier alpha value is -1.72. The molecule has 0 aliphatic rings. The molecule has 2 atom stereocenters. The number of amides is 1. The first kappa shape index (κ1) is 22.3. The van der Waals surface area contributed by atoms with Crippen LogP contribution in [0.15, 0.2) is 6.07 Å². The van der Waals surface area contributed by atoms with Gasteiger partial charge in [-0.3, -0.25) is 0 Å². The van der Waals surface area contributed by atoms with E-state index >= 15 is 0 Å². The number of aromatic nitrogens is 1. The van der Waals surface area contributed by atoms with Crippen molar-refractivity contribution in [3.63, 3.8) is 0 Å². The summed E-state index contributed by atoms with van der Waals surface area (Å²) in [6.07, 6.45) is 2.06. The predicted octanol–water partition coefficient (Wildman–Crippen LogP) is 4.19. The molecule has 2 N–H and O–H groups in total. The van der Waals surface area contributed by atoms with E-state index in [2.05, 4.69) is 15.6 Å². The van der Waals surface area contributed by atoms with Gasteiger partial charge in [0, 0.05) is 12.1 Å². The zero-order chi connectivity index (χ0) is 19.9. The van der Waals surface area contributed by atoms with Gasteiger partial charge in [-0.2, -0.15) is 17.0 Å². The normalized spacial score (nSPS) is 13.5. The summed E-state index contributed by atoms with van der Waals surface area (Å²) in [4.78, 5) is 15.9. The minimum Gasteiger partial charge on any atom is -0.444 e. The molecule has 1 heterocycles. The van der Waals surface area contributed by atoms with Crippen LogP contribution < -0.4 is 10.6 Å². The van der Waals surface area contributed by atoms with E-state index in [4.69, 9.17) is 21.6 Å².